The molecular formula is C17H18N4O3S. The van der Waals surface area contributed by atoms with Crippen LogP contribution in [0.1, 0.15) is 35.7 Å². The van der Waals surface area contributed by atoms with Gasteiger partial charge in [0, 0.05) is 23.4 Å². The smallest absolute Gasteiger partial charge is 0.269 e. The standard InChI is InChI=1S/C17H18N4O3S/c1-11(2)12-3-7-14(8-4-12)18-17(25)20-19-16(22)13-5-9-15(10-6-13)21(23)24/h3-11H,1-2H3,(H,19,22)(H2,18,20,25). The number of hydrogen-bond donors (Lipinski definition) is 3. The maximum Gasteiger partial charge on any atom is 0.269 e. The molecule has 0 fully saturated rings. The van der Waals surface area contributed by atoms with Crippen LogP contribution >= 0.6 is 12.2 Å². The van der Waals surface area contributed by atoms with E-state index in [1.165, 1.54) is 29.8 Å². The van der Waals surface area contributed by atoms with E-state index in [9.17, 15) is 14.9 Å². The minimum absolute atomic E-state index is 0.0773. The van der Waals surface area contributed by atoms with Crippen molar-refractivity contribution in [1.82, 2.24) is 10.9 Å². The van der Waals surface area contributed by atoms with Gasteiger partial charge in [0.1, 0.15) is 0 Å². The molecule has 2 aromatic carbocycles. The molecule has 0 atom stereocenters. The van der Waals surface area contributed by atoms with Crippen LogP contribution in [0.3, 0.4) is 0 Å². The summed E-state index contributed by atoms with van der Waals surface area (Å²) in [4.78, 5) is 22.0. The molecule has 2 aromatic rings. The van der Waals surface area contributed by atoms with Gasteiger partial charge in [-0.05, 0) is 48.0 Å². The summed E-state index contributed by atoms with van der Waals surface area (Å²) in [6.07, 6.45) is 0. The first-order valence-electron chi connectivity index (χ1n) is 7.58. The Kier molecular flexibility index (Phi) is 6.02. The third-order valence-electron chi connectivity index (χ3n) is 3.47. The van der Waals surface area contributed by atoms with Gasteiger partial charge in [0.15, 0.2) is 5.11 Å². The van der Waals surface area contributed by atoms with Crippen LogP contribution < -0.4 is 16.2 Å². The monoisotopic (exact) mass is 358 g/mol. The predicted octanol–water partition coefficient (Wildman–Crippen LogP) is 3.35. The van der Waals surface area contributed by atoms with Crippen LogP contribution in [0, 0.1) is 10.1 Å². The van der Waals surface area contributed by atoms with Crippen LogP contribution in [0.15, 0.2) is 48.5 Å². The Morgan fingerprint density at radius 1 is 1.04 bits per heavy atom. The van der Waals surface area contributed by atoms with Gasteiger partial charge in [-0.2, -0.15) is 0 Å². The van der Waals surface area contributed by atoms with Crippen LogP contribution in [0.5, 0.6) is 0 Å². The van der Waals surface area contributed by atoms with E-state index in [1.807, 2.05) is 24.3 Å². The van der Waals surface area contributed by atoms with Crippen LogP contribution in [0.4, 0.5) is 11.4 Å². The summed E-state index contributed by atoms with van der Waals surface area (Å²) in [6.45, 7) is 4.23. The summed E-state index contributed by atoms with van der Waals surface area (Å²) < 4.78 is 0. The zero-order valence-corrected chi connectivity index (χ0v) is 14.6. The molecule has 0 aliphatic heterocycles. The van der Waals surface area contributed by atoms with E-state index in [0.29, 0.717) is 5.92 Å². The van der Waals surface area contributed by atoms with Crippen molar-refractivity contribution in [3.63, 3.8) is 0 Å². The first-order valence-corrected chi connectivity index (χ1v) is 7.99. The molecule has 25 heavy (non-hydrogen) atoms. The fourth-order valence-electron chi connectivity index (χ4n) is 2.03. The van der Waals surface area contributed by atoms with E-state index >= 15 is 0 Å². The number of nitro groups is 1. The van der Waals surface area contributed by atoms with Crippen molar-refractivity contribution < 1.29 is 9.72 Å². The molecule has 7 nitrogen and oxygen atoms in total. The Bertz CT molecular complexity index is 773. The van der Waals surface area contributed by atoms with E-state index in [-0.39, 0.29) is 16.4 Å². The lowest BCUT2D eigenvalue weighted by Crippen LogP contribution is -2.43. The first-order chi connectivity index (χ1) is 11.9. The van der Waals surface area contributed by atoms with Crippen molar-refractivity contribution in [3.05, 3.63) is 69.8 Å². The topological polar surface area (TPSA) is 96.3 Å². The quantitative estimate of drug-likeness (QED) is 0.441. The predicted molar refractivity (Wildman–Crippen MR) is 100 cm³/mol. The Morgan fingerprint density at radius 2 is 1.64 bits per heavy atom. The van der Waals surface area contributed by atoms with Crippen molar-refractivity contribution in [2.45, 2.75) is 19.8 Å². The zero-order valence-electron chi connectivity index (χ0n) is 13.8. The molecule has 2 rings (SSSR count). The van der Waals surface area contributed by atoms with Crippen LogP contribution in [-0.4, -0.2) is 15.9 Å². The molecule has 0 bridgehead atoms. The maximum absolute atomic E-state index is 12.0. The second-order valence-corrected chi connectivity index (χ2v) is 6.02. The normalized spacial score (nSPS) is 10.2. The number of amides is 1. The summed E-state index contributed by atoms with van der Waals surface area (Å²) in [7, 11) is 0. The highest BCUT2D eigenvalue weighted by Crippen LogP contribution is 2.17. The summed E-state index contributed by atoms with van der Waals surface area (Å²) in [5.41, 5.74) is 7.24. The fourth-order valence-corrected chi connectivity index (χ4v) is 2.20. The van der Waals surface area contributed by atoms with Gasteiger partial charge in [-0.25, -0.2) is 0 Å². The summed E-state index contributed by atoms with van der Waals surface area (Å²) in [5, 5.41) is 13.8. The van der Waals surface area contributed by atoms with Crippen molar-refractivity contribution in [1.29, 1.82) is 0 Å². The lowest BCUT2D eigenvalue weighted by Gasteiger charge is -2.12. The Labute approximate surface area is 150 Å². The number of hydrogen-bond acceptors (Lipinski definition) is 4. The largest absolute Gasteiger partial charge is 0.331 e. The Morgan fingerprint density at radius 3 is 2.16 bits per heavy atom. The van der Waals surface area contributed by atoms with Gasteiger partial charge >= 0.3 is 0 Å². The summed E-state index contributed by atoms with van der Waals surface area (Å²) in [6, 6.07) is 13.1. The Hall–Kier alpha value is -3.00. The Balaban J connectivity index is 1.86. The van der Waals surface area contributed by atoms with Crippen LogP contribution in [0.2, 0.25) is 0 Å². The highest BCUT2D eigenvalue weighted by Gasteiger charge is 2.09. The molecule has 3 N–H and O–H groups in total. The maximum atomic E-state index is 12.0. The van der Waals surface area contributed by atoms with E-state index < -0.39 is 10.8 Å². The van der Waals surface area contributed by atoms with E-state index in [2.05, 4.69) is 30.0 Å². The second kappa shape index (κ2) is 8.20. The minimum atomic E-state index is -0.524. The molecule has 0 saturated carbocycles. The van der Waals surface area contributed by atoms with Gasteiger partial charge in [-0.3, -0.25) is 25.8 Å². The lowest BCUT2D eigenvalue weighted by molar-refractivity contribution is -0.384. The number of nitrogens with one attached hydrogen (secondary N) is 3. The molecule has 0 spiro atoms. The number of rotatable bonds is 4. The molecular weight excluding hydrogens is 340 g/mol. The average molecular weight is 358 g/mol. The lowest BCUT2D eigenvalue weighted by atomic mass is 10.0. The first kappa shape index (κ1) is 18.3. The van der Waals surface area contributed by atoms with E-state index in [0.717, 1.165) is 5.69 Å². The molecule has 1 amide bonds. The molecule has 130 valence electrons. The van der Waals surface area contributed by atoms with Crippen molar-refractivity contribution in [2.75, 3.05) is 5.32 Å². The van der Waals surface area contributed by atoms with Gasteiger partial charge in [0.25, 0.3) is 11.6 Å². The minimum Gasteiger partial charge on any atom is -0.331 e. The number of carbonyl (C=O) groups excluding carboxylic acids is 1. The van der Waals surface area contributed by atoms with Crippen LogP contribution in [0.25, 0.3) is 0 Å². The van der Waals surface area contributed by atoms with Crippen molar-refractivity contribution in [2.24, 2.45) is 0 Å². The highest BCUT2D eigenvalue weighted by atomic mass is 32.1. The SMILES string of the molecule is CC(C)c1ccc(NC(=S)NNC(=O)c2ccc([N+](=O)[O-])cc2)cc1. The number of nitro benzene ring substituents is 1. The van der Waals surface area contributed by atoms with E-state index in [4.69, 9.17) is 12.2 Å². The number of benzene rings is 2. The molecule has 0 aliphatic carbocycles. The molecule has 0 unspecified atom stereocenters. The number of carbonyl (C=O) groups is 1. The van der Waals surface area contributed by atoms with Gasteiger partial charge in [-0.1, -0.05) is 26.0 Å². The second-order valence-electron chi connectivity index (χ2n) is 5.61. The fraction of sp³-hybridized carbons (Fsp3) is 0.176. The third kappa shape index (κ3) is 5.25. The van der Waals surface area contributed by atoms with Gasteiger partial charge in [0.05, 0.1) is 4.92 Å². The van der Waals surface area contributed by atoms with Crippen LogP contribution in [-0.2, 0) is 0 Å². The number of nitrogens with zero attached hydrogens (tertiary/aromatic N) is 1. The summed E-state index contributed by atoms with van der Waals surface area (Å²) >= 11 is 5.12. The number of thiocarbonyl (C=S) groups is 1. The van der Waals surface area contributed by atoms with Gasteiger partial charge in [0.2, 0.25) is 0 Å². The zero-order chi connectivity index (χ0) is 18.4. The third-order valence-corrected chi connectivity index (χ3v) is 3.67. The van der Waals surface area contributed by atoms with Gasteiger partial charge in [-0.15, -0.1) is 0 Å². The number of anilines is 1. The molecule has 0 saturated heterocycles. The molecule has 0 heterocycles. The molecule has 0 aromatic heterocycles. The molecule has 8 heteroatoms. The molecule has 0 radical (unpaired) electrons. The average Bonchev–Trinajstić information content (AvgIpc) is 2.60. The summed E-state index contributed by atoms with van der Waals surface area (Å²) in [5.74, 6) is -0.00526. The molecule has 0 aliphatic rings. The van der Waals surface area contributed by atoms with E-state index in [1.54, 1.807) is 0 Å². The van der Waals surface area contributed by atoms with Crippen molar-refractivity contribution in [3.8, 4) is 0 Å². The van der Waals surface area contributed by atoms with Crippen molar-refractivity contribution >= 4 is 34.6 Å². The number of hydrazine groups is 1. The number of non-ortho nitro benzene ring substituents is 1. The van der Waals surface area contributed by atoms with Gasteiger partial charge < -0.3 is 5.32 Å². The highest BCUT2D eigenvalue weighted by molar-refractivity contribution is 7.80.